The van der Waals surface area contributed by atoms with E-state index in [-0.39, 0.29) is 11.7 Å². The third-order valence-corrected chi connectivity index (χ3v) is 8.41. The number of carbonyl (C=O) groups excluding carboxylic acids is 1. The zero-order chi connectivity index (χ0) is 23.9. The molecule has 2 heterocycles. The van der Waals surface area contributed by atoms with Gasteiger partial charge in [0, 0.05) is 31.3 Å². The van der Waals surface area contributed by atoms with Gasteiger partial charge >= 0.3 is 0 Å². The molecule has 1 aliphatic heterocycles. The molecule has 0 N–H and O–H groups in total. The molecule has 0 bridgehead atoms. The first-order valence-electron chi connectivity index (χ1n) is 10.5. The summed E-state index contributed by atoms with van der Waals surface area (Å²) in [6.45, 7) is 2.79. The molecule has 0 saturated heterocycles. The van der Waals surface area contributed by atoms with Crippen molar-refractivity contribution in [3.05, 3.63) is 77.1 Å². The van der Waals surface area contributed by atoms with Crippen molar-refractivity contribution in [2.24, 2.45) is 4.99 Å². The van der Waals surface area contributed by atoms with Crippen molar-refractivity contribution in [3.63, 3.8) is 0 Å². The van der Waals surface area contributed by atoms with Crippen LogP contribution in [0.2, 0.25) is 0 Å². The van der Waals surface area contributed by atoms with Crippen LogP contribution < -0.4 is 18.6 Å². The molecule has 1 amide bonds. The molecular formula is C24H21N3O5S2. The molecule has 5 rings (SSSR count). The summed E-state index contributed by atoms with van der Waals surface area (Å²) in [7, 11) is -2.26. The van der Waals surface area contributed by atoms with E-state index >= 15 is 0 Å². The van der Waals surface area contributed by atoms with E-state index in [4.69, 9.17) is 9.47 Å². The number of thiazole rings is 1. The van der Waals surface area contributed by atoms with Crippen LogP contribution in [0.5, 0.6) is 11.5 Å². The Bertz CT molecular complexity index is 1560. The molecule has 8 nitrogen and oxygen atoms in total. The summed E-state index contributed by atoms with van der Waals surface area (Å²) in [6, 6.07) is 18.4. The maximum atomic E-state index is 13.0. The molecule has 0 fully saturated rings. The lowest BCUT2D eigenvalue weighted by Crippen LogP contribution is -2.26. The Balaban J connectivity index is 1.45. The quantitative estimate of drug-likeness (QED) is 0.417. The summed E-state index contributed by atoms with van der Waals surface area (Å²) in [5.74, 6) is 0.893. The Morgan fingerprint density at radius 3 is 2.41 bits per heavy atom. The summed E-state index contributed by atoms with van der Waals surface area (Å²) in [6.07, 6.45) is 0. The Kier molecular flexibility index (Phi) is 5.62. The number of ether oxygens (including phenoxy) is 2. The number of nitrogens with zero attached hydrogens (tertiary/aromatic N) is 3. The fraction of sp³-hybridized carbons (Fsp3) is 0.167. The number of benzene rings is 3. The zero-order valence-corrected chi connectivity index (χ0v) is 20.1. The lowest BCUT2D eigenvalue weighted by molar-refractivity contribution is 0.0997. The van der Waals surface area contributed by atoms with E-state index in [0.29, 0.717) is 34.1 Å². The summed E-state index contributed by atoms with van der Waals surface area (Å²) in [5, 5.41) is 0. The largest absolute Gasteiger partial charge is 0.454 e. The van der Waals surface area contributed by atoms with Crippen molar-refractivity contribution < 1.29 is 22.7 Å². The monoisotopic (exact) mass is 495 g/mol. The van der Waals surface area contributed by atoms with Crippen molar-refractivity contribution in [1.29, 1.82) is 0 Å². The summed E-state index contributed by atoms with van der Waals surface area (Å²) < 4.78 is 40.9. The number of sulfonamides is 1. The van der Waals surface area contributed by atoms with E-state index in [1.165, 1.54) is 47.0 Å². The summed E-state index contributed by atoms with van der Waals surface area (Å²) in [5.41, 5.74) is 1.76. The summed E-state index contributed by atoms with van der Waals surface area (Å²) in [4.78, 5) is 17.9. The lowest BCUT2D eigenvalue weighted by Gasteiger charge is -2.19. The minimum atomic E-state index is -3.76. The molecular weight excluding hydrogens is 474 g/mol. The number of amides is 1. The Hall–Kier alpha value is -3.63. The van der Waals surface area contributed by atoms with Crippen LogP contribution in [0.15, 0.2) is 76.6 Å². The molecule has 0 unspecified atom stereocenters. The highest BCUT2D eigenvalue weighted by atomic mass is 32.2. The van der Waals surface area contributed by atoms with Gasteiger partial charge in [0.1, 0.15) is 0 Å². The zero-order valence-electron chi connectivity index (χ0n) is 18.5. The number of aryl methyl sites for hydroxylation is 1. The Labute approximate surface area is 200 Å². The molecule has 0 spiro atoms. The number of carbonyl (C=O) groups is 1. The van der Waals surface area contributed by atoms with Crippen molar-refractivity contribution >= 4 is 43.2 Å². The van der Waals surface area contributed by atoms with Gasteiger partial charge in [0.25, 0.3) is 15.9 Å². The first-order valence-corrected chi connectivity index (χ1v) is 12.8. The van der Waals surface area contributed by atoms with Crippen molar-refractivity contribution in [2.45, 2.75) is 18.4 Å². The van der Waals surface area contributed by atoms with Gasteiger partial charge in [-0.25, -0.2) is 8.42 Å². The highest BCUT2D eigenvalue weighted by Gasteiger charge is 2.22. The van der Waals surface area contributed by atoms with Gasteiger partial charge in [0.2, 0.25) is 6.79 Å². The lowest BCUT2D eigenvalue weighted by atomic mass is 10.2. The van der Waals surface area contributed by atoms with Gasteiger partial charge in [-0.3, -0.25) is 9.10 Å². The molecule has 34 heavy (non-hydrogen) atoms. The molecule has 1 aliphatic rings. The molecule has 0 aliphatic carbocycles. The van der Waals surface area contributed by atoms with E-state index in [1.54, 1.807) is 24.3 Å². The van der Waals surface area contributed by atoms with Crippen LogP contribution in [0.3, 0.4) is 0 Å². The molecule has 0 saturated carbocycles. The van der Waals surface area contributed by atoms with E-state index in [1.807, 2.05) is 29.7 Å². The molecule has 0 atom stereocenters. The second-order valence-electron chi connectivity index (χ2n) is 7.55. The average molecular weight is 496 g/mol. The number of aromatic nitrogens is 1. The number of anilines is 1. The third-order valence-electron chi connectivity index (χ3n) is 5.57. The highest BCUT2D eigenvalue weighted by Crippen LogP contribution is 2.37. The third kappa shape index (κ3) is 3.84. The standard InChI is InChI=1S/C24H21N3O5S2/c1-3-27-19-13-20-21(32-15-31-20)14-22(19)33-24(27)25-23(28)16-9-11-18(12-10-16)34(29,30)26(2)17-7-5-4-6-8-17/h4-14H,3,15H2,1-2H3. The number of hydrogen-bond donors (Lipinski definition) is 0. The van der Waals surface area contributed by atoms with Crippen molar-refractivity contribution in [2.75, 3.05) is 18.1 Å². The smallest absolute Gasteiger partial charge is 0.279 e. The number of fused-ring (bicyclic) bond motifs is 2. The maximum absolute atomic E-state index is 13.0. The van der Waals surface area contributed by atoms with E-state index < -0.39 is 15.9 Å². The molecule has 1 aromatic heterocycles. The summed E-state index contributed by atoms with van der Waals surface area (Å²) >= 11 is 1.38. The molecule has 3 aromatic carbocycles. The van der Waals surface area contributed by atoms with Crippen LogP contribution in [-0.2, 0) is 16.6 Å². The van der Waals surface area contributed by atoms with E-state index in [0.717, 1.165) is 10.2 Å². The predicted octanol–water partition coefficient (Wildman–Crippen LogP) is 4.02. The van der Waals surface area contributed by atoms with Gasteiger partial charge in [-0.1, -0.05) is 29.5 Å². The number of para-hydroxylation sites is 1. The van der Waals surface area contributed by atoms with Crippen LogP contribution >= 0.6 is 11.3 Å². The van der Waals surface area contributed by atoms with Gasteiger partial charge in [-0.2, -0.15) is 4.99 Å². The normalized spacial score (nSPS) is 13.4. The fourth-order valence-corrected chi connectivity index (χ4v) is 6.00. The minimum Gasteiger partial charge on any atom is -0.454 e. The van der Waals surface area contributed by atoms with E-state index in [9.17, 15) is 13.2 Å². The second kappa shape index (κ2) is 8.62. The highest BCUT2D eigenvalue weighted by molar-refractivity contribution is 7.92. The minimum absolute atomic E-state index is 0.0930. The van der Waals surface area contributed by atoms with Crippen molar-refractivity contribution in [3.8, 4) is 11.5 Å². The SMILES string of the molecule is CCn1c(=NC(=O)c2ccc(S(=O)(=O)N(C)c3ccccc3)cc2)sc2cc3c(cc21)OCO3. The average Bonchev–Trinajstić information content (AvgIpc) is 3.45. The molecule has 0 radical (unpaired) electrons. The van der Waals surface area contributed by atoms with Gasteiger partial charge < -0.3 is 14.0 Å². The number of hydrogen-bond acceptors (Lipinski definition) is 6. The Morgan fingerprint density at radius 2 is 1.74 bits per heavy atom. The van der Waals surface area contributed by atoms with Gasteiger partial charge in [-0.05, 0) is 43.3 Å². The first kappa shape index (κ1) is 22.2. The van der Waals surface area contributed by atoms with Crippen LogP contribution in [0.1, 0.15) is 17.3 Å². The maximum Gasteiger partial charge on any atom is 0.279 e. The van der Waals surface area contributed by atoms with Gasteiger partial charge in [-0.15, -0.1) is 0 Å². The molecule has 4 aromatic rings. The van der Waals surface area contributed by atoms with E-state index in [2.05, 4.69) is 4.99 Å². The topological polar surface area (TPSA) is 90.2 Å². The van der Waals surface area contributed by atoms with Crippen LogP contribution in [0, 0.1) is 0 Å². The first-order chi connectivity index (χ1) is 16.4. The van der Waals surface area contributed by atoms with Crippen molar-refractivity contribution in [1.82, 2.24) is 4.57 Å². The second-order valence-corrected chi connectivity index (χ2v) is 10.5. The van der Waals surface area contributed by atoms with Gasteiger partial charge in [0.05, 0.1) is 20.8 Å². The van der Waals surface area contributed by atoms with Crippen LogP contribution in [-0.4, -0.2) is 32.7 Å². The predicted molar refractivity (Wildman–Crippen MR) is 130 cm³/mol. The number of rotatable bonds is 5. The fourth-order valence-electron chi connectivity index (χ4n) is 3.71. The van der Waals surface area contributed by atoms with Gasteiger partial charge in [0.15, 0.2) is 16.3 Å². The van der Waals surface area contributed by atoms with Crippen LogP contribution in [0.25, 0.3) is 10.2 Å². The van der Waals surface area contributed by atoms with Crippen LogP contribution in [0.4, 0.5) is 5.69 Å². The molecule has 174 valence electrons. The molecule has 10 heteroatoms. The Morgan fingerprint density at radius 1 is 1.06 bits per heavy atom.